The van der Waals surface area contributed by atoms with E-state index in [1.165, 1.54) is 33.4 Å². The summed E-state index contributed by atoms with van der Waals surface area (Å²) in [7, 11) is 0. The largest absolute Gasteiger partial charge is 0.354 e. The van der Waals surface area contributed by atoms with E-state index in [9.17, 15) is 0 Å². The van der Waals surface area contributed by atoms with Crippen LogP contribution in [0.25, 0.3) is 5.57 Å². The minimum atomic E-state index is -0.265. The zero-order chi connectivity index (χ0) is 20.1. The molecule has 29 heavy (non-hydrogen) atoms. The topological polar surface area (TPSA) is 21.7 Å². The van der Waals surface area contributed by atoms with Crippen LogP contribution in [0.15, 0.2) is 60.8 Å². The molecule has 0 N–H and O–H groups in total. The van der Waals surface area contributed by atoms with Gasteiger partial charge in [0.15, 0.2) is 6.29 Å². The van der Waals surface area contributed by atoms with Crippen LogP contribution < -0.4 is 0 Å². The van der Waals surface area contributed by atoms with Crippen LogP contribution in [0.4, 0.5) is 0 Å². The van der Waals surface area contributed by atoms with Crippen molar-refractivity contribution in [3.63, 3.8) is 0 Å². The van der Waals surface area contributed by atoms with Gasteiger partial charge >= 0.3 is 0 Å². The van der Waals surface area contributed by atoms with Crippen LogP contribution in [0.1, 0.15) is 60.2 Å². The number of fused-ring (bicyclic) bond motifs is 3. The molecule has 0 aliphatic carbocycles. The summed E-state index contributed by atoms with van der Waals surface area (Å²) in [5.74, 6) is 0. The third-order valence-electron chi connectivity index (χ3n) is 6.33. The van der Waals surface area contributed by atoms with Crippen molar-refractivity contribution < 1.29 is 9.47 Å². The fourth-order valence-corrected chi connectivity index (χ4v) is 5.20. The van der Waals surface area contributed by atoms with E-state index in [1.54, 1.807) is 0 Å². The van der Waals surface area contributed by atoms with Gasteiger partial charge in [-0.2, -0.15) is 0 Å². The normalized spacial score (nSPS) is 30.7. The van der Waals surface area contributed by atoms with Gasteiger partial charge in [-0.25, -0.2) is 0 Å². The molecule has 0 radical (unpaired) electrons. The highest BCUT2D eigenvalue weighted by Crippen LogP contribution is 2.50. The lowest BCUT2D eigenvalue weighted by Gasteiger charge is -2.40. The number of ether oxygens (including phenoxy) is 2. The van der Waals surface area contributed by atoms with Crippen LogP contribution in [-0.2, 0) is 9.47 Å². The molecule has 0 bridgehead atoms. The van der Waals surface area contributed by atoms with Crippen molar-refractivity contribution in [3.05, 3.63) is 88.6 Å². The second-order valence-electron chi connectivity index (χ2n) is 8.73. The van der Waals surface area contributed by atoms with E-state index in [2.05, 4.69) is 93.4 Å². The van der Waals surface area contributed by atoms with Crippen LogP contribution in [0.5, 0.6) is 0 Å². The minimum Gasteiger partial charge on any atom is -0.354 e. The first-order valence-electron chi connectivity index (χ1n) is 10.7. The van der Waals surface area contributed by atoms with Gasteiger partial charge in [0.05, 0.1) is 18.2 Å². The SMILES string of the molecule is Cc1cc(C)c2c(c1)[C@@H](C1OC(C)CC(C)O1)N1C=C(c3ccccc3)C=CC21. The Morgan fingerprint density at radius 2 is 1.69 bits per heavy atom. The molecule has 3 nitrogen and oxygen atoms in total. The lowest BCUT2D eigenvalue weighted by Crippen LogP contribution is -2.42. The summed E-state index contributed by atoms with van der Waals surface area (Å²) in [6, 6.07) is 15.5. The minimum absolute atomic E-state index is 0.0578. The number of benzene rings is 2. The number of aryl methyl sites for hydroxylation is 2. The predicted octanol–water partition coefficient (Wildman–Crippen LogP) is 5.85. The smallest absolute Gasteiger partial charge is 0.182 e. The Morgan fingerprint density at radius 3 is 2.41 bits per heavy atom. The summed E-state index contributed by atoms with van der Waals surface area (Å²) in [6.45, 7) is 8.71. The van der Waals surface area contributed by atoms with E-state index in [-0.39, 0.29) is 30.6 Å². The molecule has 0 aromatic heterocycles. The Hall–Kier alpha value is -2.36. The molecule has 4 atom stereocenters. The number of nitrogens with zero attached hydrogens (tertiary/aromatic N) is 1. The van der Waals surface area contributed by atoms with Crippen LogP contribution in [0.3, 0.4) is 0 Å². The van der Waals surface area contributed by atoms with Gasteiger partial charge in [0.25, 0.3) is 0 Å². The lowest BCUT2D eigenvalue weighted by atomic mass is 9.93. The Morgan fingerprint density at radius 1 is 0.966 bits per heavy atom. The second-order valence-corrected chi connectivity index (χ2v) is 8.73. The Bertz CT molecular complexity index is 968. The summed E-state index contributed by atoms with van der Waals surface area (Å²) in [5, 5.41) is 0. The van der Waals surface area contributed by atoms with E-state index >= 15 is 0 Å². The van der Waals surface area contributed by atoms with Gasteiger partial charge in [0, 0.05) is 6.20 Å². The van der Waals surface area contributed by atoms with Crippen molar-refractivity contribution in [1.29, 1.82) is 0 Å². The molecular formula is C26H29NO2. The Balaban J connectivity index is 1.61. The van der Waals surface area contributed by atoms with Crippen molar-refractivity contribution >= 4 is 5.57 Å². The molecule has 3 heteroatoms. The summed E-state index contributed by atoms with van der Waals surface area (Å²) >= 11 is 0. The molecule has 3 aliphatic heterocycles. The van der Waals surface area contributed by atoms with Crippen LogP contribution in [0, 0.1) is 13.8 Å². The molecule has 0 amide bonds. The molecule has 1 fully saturated rings. The van der Waals surface area contributed by atoms with Gasteiger partial charge in [-0.1, -0.05) is 60.2 Å². The van der Waals surface area contributed by atoms with E-state index < -0.39 is 0 Å². The molecule has 2 aromatic rings. The van der Waals surface area contributed by atoms with E-state index in [4.69, 9.17) is 9.47 Å². The fraction of sp³-hybridized carbons (Fsp3) is 0.385. The zero-order valence-electron chi connectivity index (χ0n) is 17.6. The van der Waals surface area contributed by atoms with Crippen molar-refractivity contribution in [1.82, 2.24) is 4.90 Å². The van der Waals surface area contributed by atoms with Gasteiger partial charge in [-0.05, 0) is 61.9 Å². The maximum absolute atomic E-state index is 6.35. The Kier molecular flexibility index (Phi) is 4.60. The number of rotatable bonds is 2. The highest BCUT2D eigenvalue weighted by atomic mass is 16.7. The van der Waals surface area contributed by atoms with Gasteiger partial charge in [0.2, 0.25) is 0 Å². The number of hydrogen-bond donors (Lipinski definition) is 0. The molecule has 3 unspecified atom stereocenters. The molecule has 5 rings (SSSR count). The first kappa shape index (κ1) is 18.7. The number of allylic oxidation sites excluding steroid dienone is 2. The molecule has 2 aromatic carbocycles. The average molecular weight is 388 g/mol. The van der Waals surface area contributed by atoms with Gasteiger partial charge in [0.1, 0.15) is 6.04 Å². The van der Waals surface area contributed by atoms with Crippen LogP contribution in [-0.4, -0.2) is 23.4 Å². The maximum atomic E-state index is 6.35. The standard InChI is InChI=1S/C26H29NO2/c1-16-12-17(2)24-22(13-16)25(26-28-18(3)14-19(4)29-26)27-15-21(10-11-23(24)27)20-8-6-5-7-9-20/h5-13,15,18-19,23,25-26H,14H2,1-4H3/t18?,19?,23?,25-,26?/m0/s1. The lowest BCUT2D eigenvalue weighted by molar-refractivity contribution is -0.256. The molecule has 0 spiro atoms. The van der Waals surface area contributed by atoms with E-state index in [0.29, 0.717) is 0 Å². The van der Waals surface area contributed by atoms with E-state index in [0.717, 1.165) is 6.42 Å². The highest BCUT2D eigenvalue weighted by Gasteiger charge is 2.45. The average Bonchev–Trinajstić information content (AvgIpc) is 3.01. The fourth-order valence-electron chi connectivity index (χ4n) is 5.20. The molecular weight excluding hydrogens is 358 g/mol. The van der Waals surface area contributed by atoms with Gasteiger partial charge in [-0.15, -0.1) is 0 Å². The monoisotopic (exact) mass is 387 g/mol. The van der Waals surface area contributed by atoms with Crippen molar-refractivity contribution in [2.24, 2.45) is 0 Å². The third-order valence-corrected chi connectivity index (χ3v) is 6.33. The molecule has 1 saturated heterocycles. The third kappa shape index (κ3) is 3.23. The highest BCUT2D eigenvalue weighted by molar-refractivity contribution is 5.75. The summed E-state index contributed by atoms with van der Waals surface area (Å²) in [5.41, 5.74) is 7.84. The summed E-state index contributed by atoms with van der Waals surface area (Å²) in [4.78, 5) is 2.45. The number of hydrogen-bond acceptors (Lipinski definition) is 3. The van der Waals surface area contributed by atoms with Crippen molar-refractivity contribution in [2.45, 2.75) is 64.7 Å². The van der Waals surface area contributed by atoms with Crippen molar-refractivity contribution in [3.8, 4) is 0 Å². The van der Waals surface area contributed by atoms with Gasteiger partial charge < -0.3 is 14.4 Å². The molecule has 0 saturated carbocycles. The molecule has 3 heterocycles. The van der Waals surface area contributed by atoms with Crippen LogP contribution >= 0.6 is 0 Å². The quantitative estimate of drug-likeness (QED) is 0.645. The second kappa shape index (κ2) is 7.16. The zero-order valence-corrected chi connectivity index (χ0v) is 17.6. The van der Waals surface area contributed by atoms with E-state index in [1.807, 2.05) is 0 Å². The van der Waals surface area contributed by atoms with Crippen LogP contribution in [0.2, 0.25) is 0 Å². The first-order valence-corrected chi connectivity index (χ1v) is 10.7. The molecule has 3 aliphatic rings. The molecule has 150 valence electrons. The summed E-state index contributed by atoms with van der Waals surface area (Å²) < 4.78 is 12.7. The maximum Gasteiger partial charge on any atom is 0.182 e. The van der Waals surface area contributed by atoms with Gasteiger partial charge in [-0.3, -0.25) is 0 Å². The van der Waals surface area contributed by atoms with Crippen molar-refractivity contribution in [2.75, 3.05) is 0 Å². The predicted molar refractivity (Wildman–Crippen MR) is 116 cm³/mol. The first-order chi connectivity index (χ1) is 14.0. The summed E-state index contributed by atoms with van der Waals surface area (Å²) in [6.07, 6.45) is 7.98. The Labute approximate surface area is 173 Å².